The molecule has 1 amide bonds. The zero-order valence-corrected chi connectivity index (χ0v) is 12.6. The van der Waals surface area contributed by atoms with Gasteiger partial charge in [0.25, 0.3) is 5.91 Å². The Hall–Kier alpha value is -2.49. The van der Waals surface area contributed by atoms with Gasteiger partial charge >= 0.3 is 0 Å². The summed E-state index contributed by atoms with van der Waals surface area (Å²) in [5.41, 5.74) is 3.24. The van der Waals surface area contributed by atoms with Crippen LogP contribution in [0.5, 0.6) is 5.75 Å². The van der Waals surface area contributed by atoms with E-state index in [1.54, 1.807) is 13.2 Å². The maximum Gasteiger partial charge on any atom is 0.257 e. The van der Waals surface area contributed by atoms with Gasteiger partial charge in [-0.25, -0.2) is 0 Å². The van der Waals surface area contributed by atoms with Gasteiger partial charge < -0.3 is 15.4 Å². The second-order valence-corrected chi connectivity index (χ2v) is 4.77. The van der Waals surface area contributed by atoms with Crippen molar-refractivity contribution in [2.24, 2.45) is 0 Å². The monoisotopic (exact) mass is 284 g/mol. The summed E-state index contributed by atoms with van der Waals surface area (Å²) in [4.78, 5) is 12.5. The Morgan fingerprint density at radius 3 is 2.71 bits per heavy atom. The molecule has 2 rings (SSSR count). The summed E-state index contributed by atoms with van der Waals surface area (Å²) in [5, 5.41) is 6.11. The van der Waals surface area contributed by atoms with E-state index in [1.807, 2.05) is 50.2 Å². The molecule has 0 bridgehead atoms. The Kier molecular flexibility index (Phi) is 4.82. The van der Waals surface area contributed by atoms with Crippen molar-refractivity contribution in [3.63, 3.8) is 0 Å². The summed E-state index contributed by atoms with van der Waals surface area (Å²) in [5.74, 6) is 0.576. The van der Waals surface area contributed by atoms with Crippen molar-refractivity contribution in [3.05, 3.63) is 53.6 Å². The van der Waals surface area contributed by atoms with E-state index in [0.29, 0.717) is 17.0 Å². The summed E-state index contributed by atoms with van der Waals surface area (Å²) in [6.07, 6.45) is 0. The highest BCUT2D eigenvalue weighted by Crippen LogP contribution is 2.21. The number of carbonyl (C=O) groups is 1. The van der Waals surface area contributed by atoms with Crippen LogP contribution in [0.4, 0.5) is 11.4 Å². The van der Waals surface area contributed by atoms with Gasteiger partial charge in [0.05, 0.1) is 12.7 Å². The van der Waals surface area contributed by atoms with E-state index in [0.717, 1.165) is 17.8 Å². The van der Waals surface area contributed by atoms with Gasteiger partial charge in [0.2, 0.25) is 0 Å². The Morgan fingerprint density at radius 2 is 2.00 bits per heavy atom. The number of benzene rings is 2. The summed E-state index contributed by atoms with van der Waals surface area (Å²) < 4.78 is 5.16. The zero-order chi connectivity index (χ0) is 15.2. The number of methoxy groups -OCH3 is 1. The molecule has 0 radical (unpaired) electrons. The van der Waals surface area contributed by atoms with Crippen LogP contribution in [-0.2, 0) is 0 Å². The van der Waals surface area contributed by atoms with Gasteiger partial charge in [-0.1, -0.05) is 17.7 Å². The van der Waals surface area contributed by atoms with Crippen molar-refractivity contribution in [1.29, 1.82) is 0 Å². The fraction of sp³-hybridized carbons (Fsp3) is 0.235. The number of hydrogen-bond acceptors (Lipinski definition) is 3. The first-order valence-electron chi connectivity index (χ1n) is 6.94. The summed E-state index contributed by atoms with van der Waals surface area (Å²) in [7, 11) is 1.60. The summed E-state index contributed by atoms with van der Waals surface area (Å²) >= 11 is 0. The van der Waals surface area contributed by atoms with Crippen molar-refractivity contribution in [3.8, 4) is 5.75 Å². The predicted octanol–water partition coefficient (Wildman–Crippen LogP) is 3.69. The van der Waals surface area contributed by atoms with Crippen molar-refractivity contribution >= 4 is 17.3 Å². The molecule has 0 atom stereocenters. The van der Waals surface area contributed by atoms with Crippen LogP contribution in [-0.4, -0.2) is 19.6 Å². The molecular formula is C17H20N2O2. The Bertz CT molecular complexity index is 638. The maximum atomic E-state index is 12.5. The van der Waals surface area contributed by atoms with Gasteiger partial charge in [0.1, 0.15) is 5.75 Å². The first-order valence-corrected chi connectivity index (χ1v) is 6.94. The number of nitrogens with one attached hydrogen (secondary N) is 2. The first kappa shape index (κ1) is 14.9. The molecule has 0 aromatic heterocycles. The van der Waals surface area contributed by atoms with Gasteiger partial charge in [-0.3, -0.25) is 4.79 Å². The smallest absolute Gasteiger partial charge is 0.257 e. The second kappa shape index (κ2) is 6.79. The third-order valence-electron chi connectivity index (χ3n) is 3.11. The molecule has 21 heavy (non-hydrogen) atoms. The minimum atomic E-state index is -0.136. The van der Waals surface area contributed by atoms with Crippen LogP contribution in [0, 0.1) is 6.92 Å². The number of anilines is 2. The number of ether oxygens (including phenoxy) is 1. The molecule has 0 spiro atoms. The minimum absolute atomic E-state index is 0.136. The average Bonchev–Trinajstić information content (AvgIpc) is 2.49. The van der Waals surface area contributed by atoms with Crippen molar-refractivity contribution in [2.75, 3.05) is 24.3 Å². The van der Waals surface area contributed by atoms with Crippen molar-refractivity contribution < 1.29 is 9.53 Å². The third-order valence-corrected chi connectivity index (χ3v) is 3.11. The standard InChI is InChI=1S/C17H20N2O2/c1-4-18-16-9-8-12(2)10-15(16)17(20)19-13-6-5-7-14(11-13)21-3/h5-11,18H,4H2,1-3H3,(H,19,20). The van der Waals surface area contributed by atoms with Crippen LogP contribution in [0.1, 0.15) is 22.8 Å². The van der Waals surface area contributed by atoms with E-state index in [-0.39, 0.29) is 5.91 Å². The van der Waals surface area contributed by atoms with E-state index >= 15 is 0 Å². The van der Waals surface area contributed by atoms with Crippen molar-refractivity contribution in [1.82, 2.24) is 0 Å². The number of amides is 1. The highest BCUT2D eigenvalue weighted by molar-refractivity contribution is 6.08. The van der Waals surface area contributed by atoms with E-state index in [2.05, 4.69) is 10.6 Å². The van der Waals surface area contributed by atoms with Gasteiger partial charge in [0, 0.05) is 24.0 Å². The molecule has 2 aromatic rings. The molecule has 0 aliphatic heterocycles. The summed E-state index contributed by atoms with van der Waals surface area (Å²) in [6, 6.07) is 13.1. The Morgan fingerprint density at radius 1 is 1.19 bits per heavy atom. The van der Waals surface area contributed by atoms with E-state index in [4.69, 9.17) is 4.74 Å². The Balaban J connectivity index is 2.25. The molecule has 0 unspecified atom stereocenters. The topological polar surface area (TPSA) is 50.4 Å². The first-order chi connectivity index (χ1) is 10.1. The molecule has 110 valence electrons. The van der Waals surface area contributed by atoms with Crippen LogP contribution in [0.2, 0.25) is 0 Å². The lowest BCUT2D eigenvalue weighted by atomic mass is 10.1. The highest BCUT2D eigenvalue weighted by atomic mass is 16.5. The molecule has 4 heteroatoms. The van der Waals surface area contributed by atoms with Crippen LogP contribution in [0.3, 0.4) is 0 Å². The maximum absolute atomic E-state index is 12.5. The van der Waals surface area contributed by atoms with Gasteiger partial charge in [-0.2, -0.15) is 0 Å². The molecule has 0 saturated heterocycles. The van der Waals surface area contributed by atoms with Gasteiger partial charge in [0.15, 0.2) is 0 Å². The third kappa shape index (κ3) is 3.75. The quantitative estimate of drug-likeness (QED) is 0.880. The van der Waals surface area contributed by atoms with Crippen LogP contribution >= 0.6 is 0 Å². The number of rotatable bonds is 5. The Labute approximate surface area is 125 Å². The fourth-order valence-electron chi connectivity index (χ4n) is 2.09. The highest BCUT2D eigenvalue weighted by Gasteiger charge is 2.12. The van der Waals surface area contributed by atoms with Crippen LogP contribution in [0.25, 0.3) is 0 Å². The molecule has 2 aromatic carbocycles. The lowest BCUT2D eigenvalue weighted by Crippen LogP contribution is -2.15. The molecule has 0 fully saturated rings. The van der Waals surface area contributed by atoms with Crippen LogP contribution < -0.4 is 15.4 Å². The fourth-order valence-corrected chi connectivity index (χ4v) is 2.09. The van der Waals surface area contributed by atoms with Crippen LogP contribution in [0.15, 0.2) is 42.5 Å². The molecule has 0 aliphatic rings. The lowest BCUT2D eigenvalue weighted by Gasteiger charge is -2.12. The predicted molar refractivity (Wildman–Crippen MR) is 86.3 cm³/mol. The number of aryl methyl sites for hydroxylation is 1. The minimum Gasteiger partial charge on any atom is -0.497 e. The van der Waals surface area contributed by atoms with E-state index in [9.17, 15) is 4.79 Å². The van der Waals surface area contributed by atoms with Gasteiger partial charge in [-0.15, -0.1) is 0 Å². The number of carbonyl (C=O) groups excluding carboxylic acids is 1. The molecule has 0 saturated carbocycles. The molecule has 0 heterocycles. The van der Waals surface area contributed by atoms with Gasteiger partial charge in [-0.05, 0) is 38.1 Å². The average molecular weight is 284 g/mol. The summed E-state index contributed by atoms with van der Waals surface area (Å²) in [6.45, 7) is 4.74. The SMILES string of the molecule is CCNc1ccc(C)cc1C(=O)Nc1cccc(OC)c1. The zero-order valence-electron chi connectivity index (χ0n) is 12.6. The van der Waals surface area contributed by atoms with E-state index in [1.165, 1.54) is 0 Å². The van der Waals surface area contributed by atoms with E-state index < -0.39 is 0 Å². The molecule has 0 aliphatic carbocycles. The number of hydrogen-bond donors (Lipinski definition) is 2. The lowest BCUT2D eigenvalue weighted by molar-refractivity contribution is 0.102. The second-order valence-electron chi connectivity index (χ2n) is 4.77. The molecule has 4 nitrogen and oxygen atoms in total. The normalized spacial score (nSPS) is 10.0. The molecular weight excluding hydrogens is 264 g/mol. The largest absolute Gasteiger partial charge is 0.497 e. The van der Waals surface area contributed by atoms with Crippen molar-refractivity contribution in [2.45, 2.75) is 13.8 Å². The molecule has 2 N–H and O–H groups in total.